The lowest BCUT2D eigenvalue weighted by atomic mass is 10.1. The summed E-state index contributed by atoms with van der Waals surface area (Å²) in [6, 6.07) is 4.97. The highest BCUT2D eigenvalue weighted by Crippen LogP contribution is 2.36. The Hall–Kier alpha value is -1.76. The fourth-order valence-electron chi connectivity index (χ4n) is 2.42. The summed E-state index contributed by atoms with van der Waals surface area (Å²) in [7, 11) is 0. The van der Waals surface area contributed by atoms with E-state index in [-0.39, 0.29) is 17.7 Å². The van der Waals surface area contributed by atoms with Crippen LogP contribution in [0.1, 0.15) is 25.3 Å². The number of benzene rings is 1. The SMILES string of the molecule is C[C@H](Oc1ccccc1C(F)(F)F)C(=O)N1CCC(N)CC1. The molecule has 0 radical (unpaired) electrons. The zero-order valence-corrected chi connectivity index (χ0v) is 12.3. The summed E-state index contributed by atoms with van der Waals surface area (Å²) in [5.74, 6) is -0.645. The molecule has 22 heavy (non-hydrogen) atoms. The van der Waals surface area contributed by atoms with Crippen LogP contribution in [0.25, 0.3) is 0 Å². The van der Waals surface area contributed by atoms with Crippen LogP contribution in [0.5, 0.6) is 5.75 Å². The van der Waals surface area contributed by atoms with Crippen molar-refractivity contribution in [3.63, 3.8) is 0 Å². The fourth-order valence-corrected chi connectivity index (χ4v) is 2.42. The number of carbonyl (C=O) groups is 1. The first-order valence-corrected chi connectivity index (χ1v) is 7.16. The molecule has 2 N–H and O–H groups in total. The normalized spacial score (nSPS) is 18.1. The number of para-hydroxylation sites is 1. The Morgan fingerprint density at radius 1 is 1.32 bits per heavy atom. The number of likely N-dealkylation sites (tertiary alicyclic amines) is 1. The van der Waals surface area contributed by atoms with Crippen LogP contribution >= 0.6 is 0 Å². The number of halogens is 3. The van der Waals surface area contributed by atoms with Gasteiger partial charge in [-0.15, -0.1) is 0 Å². The van der Waals surface area contributed by atoms with Crippen LogP contribution in [0.3, 0.4) is 0 Å². The van der Waals surface area contributed by atoms with Gasteiger partial charge in [0.05, 0.1) is 5.56 Å². The van der Waals surface area contributed by atoms with E-state index in [4.69, 9.17) is 10.5 Å². The Morgan fingerprint density at radius 2 is 1.91 bits per heavy atom. The van der Waals surface area contributed by atoms with Crippen molar-refractivity contribution >= 4 is 5.91 Å². The van der Waals surface area contributed by atoms with E-state index in [0.717, 1.165) is 6.07 Å². The first-order valence-electron chi connectivity index (χ1n) is 7.16. The van der Waals surface area contributed by atoms with Gasteiger partial charge in [-0.3, -0.25) is 4.79 Å². The van der Waals surface area contributed by atoms with E-state index < -0.39 is 17.8 Å². The minimum atomic E-state index is -4.52. The van der Waals surface area contributed by atoms with Crippen molar-refractivity contribution in [2.75, 3.05) is 13.1 Å². The zero-order chi connectivity index (χ0) is 16.3. The van der Waals surface area contributed by atoms with Crippen molar-refractivity contribution in [1.29, 1.82) is 0 Å². The number of hydrogen-bond acceptors (Lipinski definition) is 3. The van der Waals surface area contributed by atoms with Gasteiger partial charge in [0.25, 0.3) is 5.91 Å². The third-order valence-corrected chi connectivity index (χ3v) is 3.70. The van der Waals surface area contributed by atoms with E-state index in [9.17, 15) is 18.0 Å². The van der Waals surface area contributed by atoms with E-state index in [0.29, 0.717) is 25.9 Å². The van der Waals surface area contributed by atoms with Crippen LogP contribution in [0.2, 0.25) is 0 Å². The highest BCUT2D eigenvalue weighted by atomic mass is 19.4. The van der Waals surface area contributed by atoms with Gasteiger partial charge in [0.1, 0.15) is 5.75 Å². The molecular weight excluding hydrogens is 297 g/mol. The molecular formula is C15H19F3N2O2. The van der Waals surface area contributed by atoms with Crippen LogP contribution in [-0.2, 0) is 11.0 Å². The Labute approximate surface area is 127 Å². The molecule has 1 aromatic rings. The fraction of sp³-hybridized carbons (Fsp3) is 0.533. The highest BCUT2D eigenvalue weighted by molar-refractivity contribution is 5.81. The minimum Gasteiger partial charge on any atom is -0.480 e. The molecule has 1 saturated heterocycles. The van der Waals surface area contributed by atoms with Crippen molar-refractivity contribution in [3.05, 3.63) is 29.8 Å². The maximum atomic E-state index is 12.9. The number of hydrogen-bond donors (Lipinski definition) is 1. The predicted molar refractivity (Wildman–Crippen MR) is 75.3 cm³/mol. The Balaban J connectivity index is 2.06. The van der Waals surface area contributed by atoms with Crippen LogP contribution in [0, 0.1) is 0 Å². The third-order valence-electron chi connectivity index (χ3n) is 3.70. The van der Waals surface area contributed by atoms with Crippen LogP contribution in [0.15, 0.2) is 24.3 Å². The molecule has 1 aromatic carbocycles. The Bertz CT molecular complexity index is 526. The molecule has 1 fully saturated rings. The Kier molecular flexibility index (Phi) is 4.95. The second-order valence-corrected chi connectivity index (χ2v) is 5.42. The number of alkyl halides is 3. The molecule has 2 rings (SSSR count). The van der Waals surface area contributed by atoms with Gasteiger partial charge in [0.2, 0.25) is 0 Å². The van der Waals surface area contributed by atoms with E-state index in [1.54, 1.807) is 4.90 Å². The van der Waals surface area contributed by atoms with E-state index >= 15 is 0 Å². The Morgan fingerprint density at radius 3 is 2.50 bits per heavy atom. The number of ether oxygens (including phenoxy) is 1. The molecule has 4 nitrogen and oxygen atoms in total. The molecule has 1 aliphatic heterocycles. The molecule has 0 saturated carbocycles. The molecule has 0 aromatic heterocycles. The quantitative estimate of drug-likeness (QED) is 0.932. The molecule has 1 atom stereocenters. The van der Waals surface area contributed by atoms with Gasteiger partial charge < -0.3 is 15.4 Å². The van der Waals surface area contributed by atoms with Gasteiger partial charge in [0.15, 0.2) is 6.10 Å². The van der Waals surface area contributed by atoms with Gasteiger partial charge in [-0.05, 0) is 31.9 Å². The summed E-state index contributed by atoms with van der Waals surface area (Å²) in [5, 5.41) is 0. The first kappa shape index (κ1) is 16.6. The molecule has 0 spiro atoms. The lowest BCUT2D eigenvalue weighted by Gasteiger charge is -2.32. The molecule has 122 valence electrons. The molecule has 1 heterocycles. The number of piperidine rings is 1. The van der Waals surface area contributed by atoms with Crippen LogP contribution in [0.4, 0.5) is 13.2 Å². The molecule has 0 bridgehead atoms. The number of nitrogens with two attached hydrogens (primary N) is 1. The summed E-state index contributed by atoms with van der Waals surface area (Å²) in [6.45, 7) is 2.48. The first-order chi connectivity index (χ1) is 10.3. The molecule has 1 amide bonds. The van der Waals surface area contributed by atoms with Crippen molar-refractivity contribution in [3.8, 4) is 5.75 Å². The molecule has 0 unspecified atom stereocenters. The smallest absolute Gasteiger partial charge is 0.419 e. The summed E-state index contributed by atoms with van der Waals surface area (Å²) in [6.07, 6.45) is -4.11. The van der Waals surface area contributed by atoms with E-state index in [2.05, 4.69) is 0 Å². The third kappa shape index (κ3) is 3.91. The maximum Gasteiger partial charge on any atom is 0.419 e. The van der Waals surface area contributed by atoms with Gasteiger partial charge in [0, 0.05) is 19.1 Å². The average Bonchev–Trinajstić information content (AvgIpc) is 2.46. The summed E-state index contributed by atoms with van der Waals surface area (Å²) in [5.41, 5.74) is 4.89. The summed E-state index contributed by atoms with van der Waals surface area (Å²) < 4.78 is 44.0. The average molecular weight is 316 g/mol. The van der Waals surface area contributed by atoms with Crippen molar-refractivity contribution in [2.45, 2.75) is 38.1 Å². The van der Waals surface area contributed by atoms with Gasteiger partial charge >= 0.3 is 6.18 Å². The van der Waals surface area contributed by atoms with Crippen molar-refractivity contribution in [2.24, 2.45) is 5.73 Å². The summed E-state index contributed by atoms with van der Waals surface area (Å²) >= 11 is 0. The second kappa shape index (κ2) is 6.56. The maximum absolute atomic E-state index is 12.9. The van der Waals surface area contributed by atoms with E-state index in [1.165, 1.54) is 25.1 Å². The van der Waals surface area contributed by atoms with Crippen molar-refractivity contribution in [1.82, 2.24) is 4.90 Å². The molecule has 7 heteroatoms. The van der Waals surface area contributed by atoms with E-state index in [1.807, 2.05) is 0 Å². The van der Waals surface area contributed by atoms with Gasteiger partial charge in [-0.25, -0.2) is 0 Å². The predicted octanol–water partition coefficient (Wildman–Crippen LogP) is 2.42. The number of rotatable bonds is 3. The number of amides is 1. The lowest BCUT2D eigenvalue weighted by Crippen LogP contribution is -2.47. The molecule has 1 aliphatic rings. The van der Waals surface area contributed by atoms with Gasteiger partial charge in [-0.2, -0.15) is 13.2 Å². The zero-order valence-electron chi connectivity index (χ0n) is 12.3. The van der Waals surface area contributed by atoms with Crippen LogP contribution < -0.4 is 10.5 Å². The lowest BCUT2D eigenvalue weighted by molar-refractivity contribution is -0.144. The standard InChI is InChI=1S/C15H19F3N2O2/c1-10(14(21)20-8-6-11(19)7-9-20)22-13-5-3-2-4-12(13)15(16,17)18/h2-5,10-11H,6-9,19H2,1H3/t10-/m0/s1. The van der Waals surface area contributed by atoms with Crippen molar-refractivity contribution < 1.29 is 22.7 Å². The largest absolute Gasteiger partial charge is 0.480 e. The number of carbonyl (C=O) groups excluding carboxylic acids is 1. The second-order valence-electron chi connectivity index (χ2n) is 5.42. The number of nitrogens with zero attached hydrogens (tertiary/aromatic N) is 1. The van der Waals surface area contributed by atoms with Gasteiger partial charge in [-0.1, -0.05) is 12.1 Å². The topological polar surface area (TPSA) is 55.6 Å². The highest BCUT2D eigenvalue weighted by Gasteiger charge is 2.35. The van der Waals surface area contributed by atoms with Crippen LogP contribution in [-0.4, -0.2) is 36.0 Å². The molecule has 0 aliphatic carbocycles. The summed E-state index contributed by atoms with van der Waals surface area (Å²) in [4.78, 5) is 13.8. The minimum absolute atomic E-state index is 0.0752. The monoisotopic (exact) mass is 316 g/mol.